The zero-order valence-corrected chi connectivity index (χ0v) is 13.6. The Balaban J connectivity index is 2.04. The molecule has 1 N–H and O–H groups in total. The number of nitrogens with one attached hydrogen (secondary N) is 1. The lowest BCUT2D eigenvalue weighted by molar-refractivity contribution is -0.385. The third-order valence-electron chi connectivity index (χ3n) is 4.07. The fourth-order valence-corrected chi connectivity index (χ4v) is 2.71. The molecular formula is C17H19N3O4. The highest BCUT2D eigenvalue weighted by atomic mass is 16.6. The molecule has 1 aromatic carbocycles. The highest BCUT2D eigenvalue weighted by Crippen LogP contribution is 2.32. The molecule has 0 spiro atoms. The Labute approximate surface area is 139 Å². The lowest BCUT2D eigenvalue weighted by atomic mass is 9.99. The molecule has 1 heterocycles. The maximum atomic E-state index is 12.5. The number of nitro groups is 1. The number of para-hydroxylation sites is 1. The molecule has 1 atom stereocenters. The van der Waals surface area contributed by atoms with Gasteiger partial charge in [-0.25, -0.2) is 4.79 Å². The second kappa shape index (κ2) is 6.43. The zero-order chi connectivity index (χ0) is 17.3. The van der Waals surface area contributed by atoms with Gasteiger partial charge < -0.3 is 10.1 Å². The monoisotopic (exact) mass is 329 g/mol. The minimum Gasteiger partial charge on any atom is -0.462 e. The van der Waals surface area contributed by atoms with Crippen LogP contribution in [0.15, 0.2) is 34.8 Å². The Morgan fingerprint density at radius 1 is 1.42 bits per heavy atom. The van der Waals surface area contributed by atoms with Gasteiger partial charge in [-0.3, -0.25) is 15.1 Å². The fourth-order valence-electron chi connectivity index (χ4n) is 2.71. The summed E-state index contributed by atoms with van der Waals surface area (Å²) in [7, 11) is 0. The minimum atomic E-state index is -0.490. The molecule has 0 bridgehead atoms. The maximum Gasteiger partial charge on any atom is 0.342 e. The molecule has 126 valence electrons. The lowest BCUT2D eigenvalue weighted by Gasteiger charge is -2.24. The van der Waals surface area contributed by atoms with E-state index in [0.717, 1.165) is 12.8 Å². The second-order valence-electron chi connectivity index (χ2n) is 6.10. The average Bonchev–Trinajstić information content (AvgIpc) is 3.36. The van der Waals surface area contributed by atoms with Crippen LogP contribution in [0.25, 0.3) is 5.70 Å². The number of aliphatic imine (C=N–C) groups is 1. The molecule has 1 aliphatic carbocycles. The number of rotatable bonds is 5. The molecule has 1 aromatic rings. The number of nitro benzene ring substituents is 1. The Bertz CT molecular complexity index is 750. The van der Waals surface area contributed by atoms with Crippen LogP contribution in [0, 0.1) is 16.0 Å². The van der Waals surface area contributed by atoms with E-state index in [0.29, 0.717) is 29.5 Å². The van der Waals surface area contributed by atoms with Crippen LogP contribution in [0.4, 0.5) is 5.69 Å². The highest BCUT2D eigenvalue weighted by Gasteiger charge is 2.31. The van der Waals surface area contributed by atoms with Gasteiger partial charge in [-0.05, 0) is 38.7 Å². The van der Waals surface area contributed by atoms with Crippen molar-refractivity contribution in [2.45, 2.75) is 32.9 Å². The minimum absolute atomic E-state index is 0.0607. The van der Waals surface area contributed by atoms with Crippen molar-refractivity contribution in [3.8, 4) is 0 Å². The topological polar surface area (TPSA) is 93.8 Å². The Morgan fingerprint density at radius 2 is 2.12 bits per heavy atom. The van der Waals surface area contributed by atoms with E-state index in [2.05, 4.69) is 10.3 Å². The van der Waals surface area contributed by atoms with Gasteiger partial charge in [0.15, 0.2) is 0 Å². The number of hydrogen-bond acceptors (Lipinski definition) is 6. The van der Waals surface area contributed by atoms with Gasteiger partial charge in [0.2, 0.25) is 0 Å². The van der Waals surface area contributed by atoms with Crippen LogP contribution in [0.1, 0.15) is 32.3 Å². The van der Waals surface area contributed by atoms with Gasteiger partial charge in [-0.15, -0.1) is 0 Å². The third-order valence-corrected chi connectivity index (χ3v) is 4.07. The summed E-state index contributed by atoms with van der Waals surface area (Å²) < 4.78 is 5.38. The molecule has 0 aromatic heterocycles. The van der Waals surface area contributed by atoms with Gasteiger partial charge in [0.1, 0.15) is 11.7 Å². The molecule has 3 rings (SSSR count). The Morgan fingerprint density at radius 3 is 2.79 bits per heavy atom. The number of hydrogen-bond donors (Lipinski definition) is 1. The van der Waals surface area contributed by atoms with Crippen molar-refractivity contribution in [3.63, 3.8) is 0 Å². The van der Waals surface area contributed by atoms with Crippen LogP contribution in [0.2, 0.25) is 0 Å². The first-order chi connectivity index (χ1) is 11.5. The predicted octanol–water partition coefficient (Wildman–Crippen LogP) is 2.67. The molecule has 1 saturated carbocycles. The van der Waals surface area contributed by atoms with Gasteiger partial charge in [-0.2, -0.15) is 0 Å². The number of benzene rings is 1. The van der Waals surface area contributed by atoms with E-state index < -0.39 is 10.9 Å². The highest BCUT2D eigenvalue weighted by molar-refractivity contribution is 6.24. The van der Waals surface area contributed by atoms with E-state index >= 15 is 0 Å². The Hall–Kier alpha value is -2.70. The summed E-state index contributed by atoms with van der Waals surface area (Å²) in [6.45, 7) is 3.93. The molecule has 0 amide bonds. The number of esters is 1. The van der Waals surface area contributed by atoms with Crippen molar-refractivity contribution in [1.82, 2.24) is 5.32 Å². The fraction of sp³-hybridized carbons (Fsp3) is 0.412. The average molecular weight is 329 g/mol. The number of ether oxygens (including phenoxy) is 1. The van der Waals surface area contributed by atoms with E-state index in [1.54, 1.807) is 25.1 Å². The summed E-state index contributed by atoms with van der Waals surface area (Å²) in [5.41, 5.74) is 1.50. The molecule has 1 unspecified atom stereocenters. The quantitative estimate of drug-likeness (QED) is 0.509. The first-order valence-corrected chi connectivity index (χ1v) is 7.94. The molecule has 7 heteroatoms. The molecule has 2 aliphatic rings. The van der Waals surface area contributed by atoms with E-state index in [9.17, 15) is 14.9 Å². The van der Waals surface area contributed by atoms with Crippen molar-refractivity contribution in [1.29, 1.82) is 0 Å². The summed E-state index contributed by atoms with van der Waals surface area (Å²) in [6, 6.07) is 6.35. The largest absolute Gasteiger partial charge is 0.462 e. The smallest absolute Gasteiger partial charge is 0.342 e. The van der Waals surface area contributed by atoms with Gasteiger partial charge in [0.25, 0.3) is 5.69 Å². The van der Waals surface area contributed by atoms with Crippen molar-refractivity contribution in [2.24, 2.45) is 10.9 Å². The lowest BCUT2D eigenvalue weighted by Crippen LogP contribution is -2.33. The van der Waals surface area contributed by atoms with Crippen molar-refractivity contribution in [3.05, 3.63) is 45.5 Å². The van der Waals surface area contributed by atoms with E-state index in [-0.39, 0.29) is 17.4 Å². The SMILES string of the molecule is CC1=NC(C)NC(c2ccccc2[N+](=O)[O-])=C1C(=O)OCC1CC1. The van der Waals surface area contributed by atoms with E-state index in [4.69, 9.17) is 4.74 Å². The summed E-state index contributed by atoms with van der Waals surface area (Å²) in [6.07, 6.45) is 1.87. The summed E-state index contributed by atoms with van der Waals surface area (Å²) in [5, 5.41) is 14.4. The van der Waals surface area contributed by atoms with Crippen molar-refractivity contribution >= 4 is 23.1 Å². The van der Waals surface area contributed by atoms with Gasteiger partial charge in [0, 0.05) is 6.07 Å². The first-order valence-electron chi connectivity index (χ1n) is 7.94. The van der Waals surface area contributed by atoms with Gasteiger partial charge >= 0.3 is 5.97 Å². The van der Waals surface area contributed by atoms with Crippen LogP contribution in [0.3, 0.4) is 0 Å². The zero-order valence-electron chi connectivity index (χ0n) is 13.6. The van der Waals surface area contributed by atoms with Crippen LogP contribution >= 0.6 is 0 Å². The standard InChI is InChI=1S/C17H19N3O4/c1-10-15(17(21)24-9-12-7-8-12)16(19-11(2)18-10)13-5-3-4-6-14(13)20(22)23/h3-6,11-12,19H,7-9H2,1-2H3. The number of carbonyl (C=O) groups excluding carboxylic acids is 1. The second-order valence-corrected chi connectivity index (χ2v) is 6.10. The normalized spacial score (nSPS) is 20.2. The summed E-state index contributed by atoms with van der Waals surface area (Å²) in [4.78, 5) is 27.8. The van der Waals surface area contributed by atoms with Crippen LogP contribution in [0.5, 0.6) is 0 Å². The summed E-state index contributed by atoms with van der Waals surface area (Å²) >= 11 is 0. The number of nitrogens with zero attached hydrogens (tertiary/aromatic N) is 2. The van der Waals surface area contributed by atoms with Crippen LogP contribution in [-0.2, 0) is 9.53 Å². The molecular weight excluding hydrogens is 310 g/mol. The van der Waals surface area contributed by atoms with E-state index in [1.165, 1.54) is 6.07 Å². The summed E-state index contributed by atoms with van der Waals surface area (Å²) in [5.74, 6) is -0.0486. The molecule has 7 nitrogen and oxygen atoms in total. The van der Waals surface area contributed by atoms with Crippen molar-refractivity contribution in [2.75, 3.05) is 6.61 Å². The van der Waals surface area contributed by atoms with E-state index in [1.807, 2.05) is 6.92 Å². The third kappa shape index (κ3) is 3.29. The molecule has 0 saturated heterocycles. The maximum absolute atomic E-state index is 12.5. The predicted molar refractivity (Wildman–Crippen MR) is 89.4 cm³/mol. The number of carbonyl (C=O) groups is 1. The molecule has 0 radical (unpaired) electrons. The van der Waals surface area contributed by atoms with Crippen molar-refractivity contribution < 1.29 is 14.5 Å². The van der Waals surface area contributed by atoms with Gasteiger partial charge in [-0.1, -0.05) is 12.1 Å². The first kappa shape index (κ1) is 16.2. The van der Waals surface area contributed by atoms with Gasteiger partial charge in [0.05, 0.1) is 28.5 Å². The Kier molecular flexibility index (Phi) is 4.33. The molecule has 1 aliphatic heterocycles. The van der Waals surface area contributed by atoms with Crippen LogP contribution < -0.4 is 5.32 Å². The molecule has 24 heavy (non-hydrogen) atoms. The molecule has 1 fully saturated rings. The van der Waals surface area contributed by atoms with Crippen LogP contribution in [-0.4, -0.2) is 29.4 Å².